The van der Waals surface area contributed by atoms with Gasteiger partial charge in [-0.15, -0.1) is 0 Å². The number of rotatable bonds is 3. The fourth-order valence-corrected chi connectivity index (χ4v) is 4.99. The molecule has 1 aliphatic rings. The molecule has 0 aromatic heterocycles. The number of hydrogen-bond donors (Lipinski definition) is 1. The largest absolute Gasteiger partial charge is 0.373 e. The van der Waals surface area contributed by atoms with Crippen molar-refractivity contribution in [1.82, 2.24) is 4.31 Å². The van der Waals surface area contributed by atoms with E-state index in [9.17, 15) is 13.5 Å². The molecule has 0 saturated heterocycles. The summed E-state index contributed by atoms with van der Waals surface area (Å²) in [5, 5.41) is 10.8. The maximum atomic E-state index is 13.3. The molecule has 5 heteroatoms. The third-order valence-corrected chi connectivity index (χ3v) is 6.33. The summed E-state index contributed by atoms with van der Waals surface area (Å²) in [5.41, 5.74) is 2.25. The van der Waals surface area contributed by atoms with Crippen LogP contribution < -0.4 is 0 Å². The number of benzene rings is 3. The van der Waals surface area contributed by atoms with Gasteiger partial charge in [0, 0.05) is 5.56 Å². The summed E-state index contributed by atoms with van der Waals surface area (Å²) in [5.74, 6) is 0. The van der Waals surface area contributed by atoms with E-state index < -0.39 is 22.3 Å². The number of hydrogen-bond acceptors (Lipinski definition) is 3. The molecule has 4 nitrogen and oxygen atoms in total. The van der Waals surface area contributed by atoms with E-state index in [1.165, 1.54) is 4.31 Å². The van der Waals surface area contributed by atoms with Crippen molar-refractivity contribution in [2.45, 2.75) is 17.2 Å². The SMILES string of the molecule is O=S(=O)(c1ccccc1)N1[C@@H](c2ccccc2)c2ccccc2[C@H]1O. The van der Waals surface area contributed by atoms with Crippen LogP contribution in [0.15, 0.2) is 89.8 Å². The summed E-state index contributed by atoms with van der Waals surface area (Å²) in [6.45, 7) is 0. The Morgan fingerprint density at radius 3 is 1.88 bits per heavy atom. The second-order valence-corrected chi connectivity index (χ2v) is 7.81. The Hall–Kier alpha value is -2.47. The van der Waals surface area contributed by atoms with Crippen molar-refractivity contribution in [2.75, 3.05) is 0 Å². The molecule has 3 aromatic rings. The fourth-order valence-electron chi connectivity index (χ4n) is 3.36. The van der Waals surface area contributed by atoms with E-state index in [0.717, 1.165) is 11.1 Å². The van der Waals surface area contributed by atoms with Crippen molar-refractivity contribution >= 4 is 10.0 Å². The van der Waals surface area contributed by atoms with Crippen molar-refractivity contribution < 1.29 is 13.5 Å². The molecule has 4 rings (SSSR count). The van der Waals surface area contributed by atoms with Gasteiger partial charge in [-0.3, -0.25) is 0 Å². The highest BCUT2D eigenvalue weighted by Gasteiger charge is 2.45. The lowest BCUT2D eigenvalue weighted by Crippen LogP contribution is -2.33. The van der Waals surface area contributed by atoms with Crippen LogP contribution in [0, 0.1) is 0 Å². The third kappa shape index (κ3) is 2.57. The summed E-state index contributed by atoms with van der Waals surface area (Å²) in [6, 6.07) is 24.4. The van der Waals surface area contributed by atoms with E-state index >= 15 is 0 Å². The lowest BCUT2D eigenvalue weighted by Gasteiger charge is -2.27. The number of nitrogens with zero attached hydrogens (tertiary/aromatic N) is 1. The first-order valence-corrected chi connectivity index (χ1v) is 9.45. The topological polar surface area (TPSA) is 57.6 Å². The first-order chi connectivity index (χ1) is 12.1. The van der Waals surface area contributed by atoms with Gasteiger partial charge in [-0.1, -0.05) is 72.8 Å². The molecular formula is C20H17NO3S. The molecule has 0 bridgehead atoms. The van der Waals surface area contributed by atoms with Gasteiger partial charge in [0.2, 0.25) is 10.0 Å². The van der Waals surface area contributed by atoms with E-state index in [0.29, 0.717) is 5.56 Å². The first kappa shape index (κ1) is 16.0. The van der Waals surface area contributed by atoms with Crippen LogP contribution >= 0.6 is 0 Å². The number of sulfonamides is 1. The Morgan fingerprint density at radius 2 is 1.24 bits per heavy atom. The van der Waals surface area contributed by atoms with Gasteiger partial charge in [0.05, 0.1) is 10.9 Å². The zero-order valence-corrected chi connectivity index (χ0v) is 14.2. The molecule has 126 valence electrons. The summed E-state index contributed by atoms with van der Waals surface area (Å²) < 4.78 is 27.7. The second kappa shape index (κ2) is 6.11. The van der Waals surface area contributed by atoms with Crippen LogP contribution in [0.5, 0.6) is 0 Å². The Balaban J connectivity index is 1.92. The molecule has 2 atom stereocenters. The Labute approximate surface area is 147 Å². The zero-order valence-electron chi connectivity index (χ0n) is 13.4. The first-order valence-electron chi connectivity index (χ1n) is 8.01. The summed E-state index contributed by atoms with van der Waals surface area (Å²) >= 11 is 0. The van der Waals surface area contributed by atoms with E-state index in [-0.39, 0.29) is 4.90 Å². The zero-order chi connectivity index (χ0) is 17.4. The van der Waals surface area contributed by atoms with Crippen LogP contribution in [0.25, 0.3) is 0 Å². The van der Waals surface area contributed by atoms with Crippen LogP contribution in [-0.4, -0.2) is 17.8 Å². The van der Waals surface area contributed by atoms with Crippen molar-refractivity contribution in [3.8, 4) is 0 Å². The van der Waals surface area contributed by atoms with Crippen LogP contribution in [0.2, 0.25) is 0 Å². The maximum absolute atomic E-state index is 13.3. The van der Waals surface area contributed by atoms with Gasteiger partial charge in [-0.05, 0) is 23.3 Å². The van der Waals surface area contributed by atoms with Crippen molar-refractivity contribution in [2.24, 2.45) is 0 Å². The van der Waals surface area contributed by atoms with Gasteiger partial charge in [-0.25, -0.2) is 8.42 Å². The van der Waals surface area contributed by atoms with Crippen LogP contribution in [0.4, 0.5) is 0 Å². The Bertz CT molecular complexity index is 988. The molecule has 1 N–H and O–H groups in total. The standard InChI is InChI=1S/C20H17NO3S/c22-20-18-14-8-7-13-17(18)19(15-9-3-1-4-10-15)21(20)25(23,24)16-11-5-2-6-12-16/h1-14,19-20,22H/t19-,20+/m0/s1. The van der Waals surface area contributed by atoms with Crippen LogP contribution in [0.3, 0.4) is 0 Å². The lowest BCUT2D eigenvalue weighted by molar-refractivity contribution is 0.0652. The normalized spacial score (nSPS) is 20.4. The molecule has 0 radical (unpaired) electrons. The summed E-state index contributed by atoms with van der Waals surface area (Å²) in [6.07, 6.45) is -1.22. The van der Waals surface area contributed by atoms with Gasteiger partial charge in [0.15, 0.2) is 0 Å². The lowest BCUT2D eigenvalue weighted by atomic mass is 9.98. The highest BCUT2D eigenvalue weighted by molar-refractivity contribution is 7.89. The minimum absolute atomic E-state index is 0.169. The van der Waals surface area contributed by atoms with E-state index in [1.807, 2.05) is 48.5 Å². The van der Waals surface area contributed by atoms with E-state index in [4.69, 9.17) is 0 Å². The Morgan fingerprint density at radius 1 is 0.720 bits per heavy atom. The van der Waals surface area contributed by atoms with Gasteiger partial charge in [0.1, 0.15) is 6.23 Å². The molecule has 3 aromatic carbocycles. The number of aliphatic hydroxyl groups is 1. The molecule has 0 spiro atoms. The predicted octanol–water partition coefficient (Wildman–Crippen LogP) is 3.47. The van der Waals surface area contributed by atoms with Crippen molar-refractivity contribution in [3.63, 3.8) is 0 Å². The van der Waals surface area contributed by atoms with Gasteiger partial charge in [0.25, 0.3) is 0 Å². The summed E-state index contributed by atoms with van der Waals surface area (Å²) in [4.78, 5) is 0.169. The maximum Gasteiger partial charge on any atom is 0.246 e. The van der Waals surface area contributed by atoms with Gasteiger partial charge < -0.3 is 5.11 Å². The average Bonchev–Trinajstić information content (AvgIpc) is 2.97. The van der Waals surface area contributed by atoms with E-state index in [1.54, 1.807) is 36.4 Å². The van der Waals surface area contributed by atoms with E-state index in [2.05, 4.69) is 0 Å². The monoisotopic (exact) mass is 351 g/mol. The molecule has 0 saturated carbocycles. The molecule has 0 fully saturated rings. The molecule has 0 aliphatic carbocycles. The quantitative estimate of drug-likeness (QED) is 0.786. The fraction of sp³-hybridized carbons (Fsp3) is 0.100. The minimum Gasteiger partial charge on any atom is -0.373 e. The van der Waals surface area contributed by atoms with Gasteiger partial charge in [-0.2, -0.15) is 4.31 Å². The number of aliphatic hydroxyl groups excluding tert-OH is 1. The molecule has 0 amide bonds. The average molecular weight is 351 g/mol. The molecular weight excluding hydrogens is 334 g/mol. The Kier molecular flexibility index (Phi) is 3.92. The smallest absolute Gasteiger partial charge is 0.246 e. The third-order valence-electron chi connectivity index (χ3n) is 4.50. The second-order valence-electron chi connectivity index (χ2n) is 5.96. The minimum atomic E-state index is -3.87. The molecule has 0 unspecified atom stereocenters. The summed E-state index contributed by atoms with van der Waals surface area (Å²) in [7, 11) is -3.87. The molecule has 1 heterocycles. The molecule has 1 aliphatic heterocycles. The van der Waals surface area contributed by atoms with Crippen LogP contribution in [0.1, 0.15) is 29.0 Å². The highest BCUT2D eigenvalue weighted by atomic mass is 32.2. The van der Waals surface area contributed by atoms with Gasteiger partial charge >= 0.3 is 0 Å². The van der Waals surface area contributed by atoms with Crippen LogP contribution in [-0.2, 0) is 10.0 Å². The number of fused-ring (bicyclic) bond motifs is 1. The van der Waals surface area contributed by atoms with Crippen molar-refractivity contribution in [3.05, 3.63) is 102 Å². The highest BCUT2D eigenvalue weighted by Crippen LogP contribution is 2.47. The van der Waals surface area contributed by atoms with Crippen molar-refractivity contribution in [1.29, 1.82) is 0 Å². The predicted molar refractivity (Wildman–Crippen MR) is 95.2 cm³/mol. The molecule has 25 heavy (non-hydrogen) atoms.